The summed E-state index contributed by atoms with van der Waals surface area (Å²) < 4.78 is 0. The van der Waals surface area contributed by atoms with E-state index in [4.69, 9.17) is 0 Å². The summed E-state index contributed by atoms with van der Waals surface area (Å²) in [5.41, 5.74) is 0.792. The molecule has 2 saturated heterocycles. The number of anilines is 2. The third-order valence-electron chi connectivity index (χ3n) is 5.48. The van der Waals surface area contributed by atoms with Crippen molar-refractivity contribution in [1.82, 2.24) is 9.88 Å². The van der Waals surface area contributed by atoms with Crippen LogP contribution in [0, 0.1) is 11.8 Å². The molecule has 0 aromatic carbocycles. The molecule has 0 unspecified atom stereocenters. The zero-order valence-corrected chi connectivity index (χ0v) is 15.2. The second-order valence-electron chi connectivity index (χ2n) is 7.49. The fourth-order valence-electron chi connectivity index (χ4n) is 3.69. The maximum Gasteiger partial charge on any atom is 0.238 e. The van der Waals surface area contributed by atoms with Gasteiger partial charge in [-0.15, -0.1) is 0 Å². The van der Waals surface area contributed by atoms with E-state index in [1.165, 1.54) is 12.8 Å². The molecule has 138 valence electrons. The third-order valence-corrected chi connectivity index (χ3v) is 5.48. The molecule has 25 heavy (non-hydrogen) atoms. The summed E-state index contributed by atoms with van der Waals surface area (Å²) in [6.45, 7) is 6.73. The highest BCUT2D eigenvalue weighted by atomic mass is 16.3. The smallest absolute Gasteiger partial charge is 0.238 e. The fourth-order valence-corrected chi connectivity index (χ4v) is 3.69. The van der Waals surface area contributed by atoms with Gasteiger partial charge in [0.15, 0.2) is 5.82 Å². The standard InChI is InChI=1S/C19H30N4O2/c1-15-4-9-22(10-5-15)13-18(25)21-17-3-2-8-20-19(17)23-11-6-16(14-24)7-12-23/h2-3,8,15-16,24H,4-7,9-14H2,1H3,(H,21,25). The van der Waals surface area contributed by atoms with Gasteiger partial charge >= 0.3 is 0 Å². The summed E-state index contributed by atoms with van der Waals surface area (Å²) in [5.74, 6) is 2.04. The van der Waals surface area contributed by atoms with Crippen LogP contribution in [0.2, 0.25) is 0 Å². The van der Waals surface area contributed by atoms with Crippen molar-refractivity contribution in [3.8, 4) is 0 Å². The predicted molar refractivity (Wildman–Crippen MR) is 99.7 cm³/mol. The highest BCUT2D eigenvalue weighted by Crippen LogP contribution is 2.27. The van der Waals surface area contributed by atoms with E-state index in [1.54, 1.807) is 6.20 Å². The van der Waals surface area contributed by atoms with Gasteiger partial charge in [-0.2, -0.15) is 0 Å². The molecule has 6 heteroatoms. The number of rotatable bonds is 5. The summed E-state index contributed by atoms with van der Waals surface area (Å²) in [5, 5.41) is 12.4. The van der Waals surface area contributed by atoms with Gasteiger partial charge in [0.1, 0.15) is 0 Å². The van der Waals surface area contributed by atoms with Crippen LogP contribution in [0.1, 0.15) is 32.6 Å². The summed E-state index contributed by atoms with van der Waals surface area (Å²) >= 11 is 0. The van der Waals surface area contributed by atoms with Crippen molar-refractivity contribution in [2.24, 2.45) is 11.8 Å². The number of aromatic nitrogens is 1. The van der Waals surface area contributed by atoms with Gasteiger partial charge in [-0.25, -0.2) is 4.98 Å². The average Bonchev–Trinajstić information content (AvgIpc) is 2.64. The Morgan fingerprint density at radius 3 is 2.64 bits per heavy atom. The molecule has 2 aliphatic heterocycles. The number of nitrogens with one attached hydrogen (secondary N) is 1. The summed E-state index contributed by atoms with van der Waals surface area (Å²) in [7, 11) is 0. The van der Waals surface area contributed by atoms with Crippen LogP contribution >= 0.6 is 0 Å². The molecule has 3 heterocycles. The third kappa shape index (κ3) is 4.92. The van der Waals surface area contributed by atoms with E-state index < -0.39 is 0 Å². The van der Waals surface area contributed by atoms with E-state index in [1.807, 2.05) is 12.1 Å². The molecule has 1 amide bonds. The van der Waals surface area contributed by atoms with Crippen LogP contribution in [-0.2, 0) is 4.79 Å². The number of likely N-dealkylation sites (tertiary alicyclic amines) is 1. The van der Waals surface area contributed by atoms with Crippen LogP contribution in [0.5, 0.6) is 0 Å². The summed E-state index contributed by atoms with van der Waals surface area (Å²) in [6.07, 6.45) is 6.05. The molecule has 3 rings (SSSR count). The molecule has 6 nitrogen and oxygen atoms in total. The van der Waals surface area contributed by atoms with E-state index in [9.17, 15) is 9.90 Å². The quantitative estimate of drug-likeness (QED) is 0.853. The van der Waals surface area contributed by atoms with Crippen LogP contribution in [0.4, 0.5) is 11.5 Å². The number of piperidine rings is 2. The van der Waals surface area contributed by atoms with Crippen molar-refractivity contribution in [1.29, 1.82) is 0 Å². The minimum absolute atomic E-state index is 0.0362. The molecule has 2 fully saturated rings. The van der Waals surface area contributed by atoms with Gasteiger partial charge in [0, 0.05) is 25.9 Å². The van der Waals surface area contributed by atoms with E-state index in [0.29, 0.717) is 12.5 Å². The van der Waals surface area contributed by atoms with Crippen LogP contribution < -0.4 is 10.2 Å². The number of carbonyl (C=O) groups excluding carboxylic acids is 1. The lowest BCUT2D eigenvalue weighted by atomic mass is 9.98. The second-order valence-corrected chi connectivity index (χ2v) is 7.49. The maximum atomic E-state index is 12.5. The van der Waals surface area contributed by atoms with Crippen molar-refractivity contribution in [3.05, 3.63) is 18.3 Å². The van der Waals surface area contributed by atoms with E-state index in [0.717, 1.165) is 56.4 Å². The topological polar surface area (TPSA) is 68.7 Å². The lowest BCUT2D eigenvalue weighted by Crippen LogP contribution is -2.39. The van der Waals surface area contributed by atoms with Gasteiger partial charge in [0.05, 0.1) is 12.2 Å². The van der Waals surface area contributed by atoms with Crippen LogP contribution in [-0.4, -0.2) is 60.2 Å². The Labute approximate surface area is 150 Å². The Balaban J connectivity index is 1.58. The minimum Gasteiger partial charge on any atom is -0.396 e. The summed E-state index contributed by atoms with van der Waals surface area (Å²) in [6, 6.07) is 3.79. The number of aliphatic hydroxyl groups is 1. The van der Waals surface area contributed by atoms with Crippen molar-refractivity contribution in [2.45, 2.75) is 32.6 Å². The van der Waals surface area contributed by atoms with Crippen molar-refractivity contribution >= 4 is 17.4 Å². The van der Waals surface area contributed by atoms with Gasteiger partial charge in [0.25, 0.3) is 0 Å². The Kier molecular flexibility index (Phi) is 6.26. The number of nitrogens with zero attached hydrogens (tertiary/aromatic N) is 3. The Hall–Kier alpha value is -1.66. The first kappa shape index (κ1) is 18.1. The molecule has 2 aliphatic rings. The van der Waals surface area contributed by atoms with Gasteiger partial charge in [-0.05, 0) is 62.7 Å². The van der Waals surface area contributed by atoms with Gasteiger partial charge < -0.3 is 15.3 Å². The highest BCUT2D eigenvalue weighted by Gasteiger charge is 2.23. The largest absolute Gasteiger partial charge is 0.396 e. The molecule has 1 aromatic rings. The molecular weight excluding hydrogens is 316 g/mol. The molecule has 0 spiro atoms. The second kappa shape index (κ2) is 8.63. The Bertz CT molecular complexity index is 564. The lowest BCUT2D eigenvalue weighted by Gasteiger charge is -2.33. The van der Waals surface area contributed by atoms with Gasteiger partial charge in [-0.1, -0.05) is 6.92 Å². The molecule has 0 radical (unpaired) electrons. The molecule has 0 saturated carbocycles. The average molecular weight is 346 g/mol. The Morgan fingerprint density at radius 2 is 1.96 bits per heavy atom. The van der Waals surface area contributed by atoms with E-state index in [2.05, 4.69) is 27.0 Å². The van der Waals surface area contributed by atoms with Crippen molar-refractivity contribution in [2.75, 3.05) is 49.5 Å². The fraction of sp³-hybridized carbons (Fsp3) is 0.684. The molecule has 2 N–H and O–H groups in total. The van der Waals surface area contributed by atoms with Crippen LogP contribution in [0.3, 0.4) is 0 Å². The predicted octanol–water partition coefficient (Wildman–Crippen LogP) is 1.96. The van der Waals surface area contributed by atoms with Crippen molar-refractivity contribution in [3.63, 3.8) is 0 Å². The molecule has 1 aromatic heterocycles. The molecular formula is C19H30N4O2. The number of hydrogen-bond acceptors (Lipinski definition) is 5. The zero-order chi connectivity index (χ0) is 17.6. The zero-order valence-electron chi connectivity index (χ0n) is 15.2. The highest BCUT2D eigenvalue weighted by molar-refractivity contribution is 5.95. The summed E-state index contributed by atoms with van der Waals surface area (Å²) in [4.78, 5) is 21.4. The molecule has 0 aliphatic carbocycles. The number of carbonyl (C=O) groups is 1. The van der Waals surface area contributed by atoms with E-state index >= 15 is 0 Å². The first-order valence-corrected chi connectivity index (χ1v) is 9.48. The van der Waals surface area contributed by atoms with E-state index in [-0.39, 0.29) is 12.5 Å². The first-order valence-electron chi connectivity index (χ1n) is 9.48. The van der Waals surface area contributed by atoms with Gasteiger partial charge in [0.2, 0.25) is 5.91 Å². The number of amides is 1. The maximum absolute atomic E-state index is 12.5. The van der Waals surface area contributed by atoms with Crippen molar-refractivity contribution < 1.29 is 9.90 Å². The molecule has 0 atom stereocenters. The molecule has 0 bridgehead atoms. The number of aliphatic hydroxyl groups excluding tert-OH is 1. The number of pyridine rings is 1. The first-order chi connectivity index (χ1) is 12.2. The Morgan fingerprint density at radius 1 is 1.24 bits per heavy atom. The van der Waals surface area contributed by atoms with Crippen LogP contribution in [0.15, 0.2) is 18.3 Å². The van der Waals surface area contributed by atoms with Crippen LogP contribution in [0.25, 0.3) is 0 Å². The minimum atomic E-state index is 0.0362. The normalized spacial score (nSPS) is 20.6. The monoisotopic (exact) mass is 346 g/mol. The van der Waals surface area contributed by atoms with Gasteiger partial charge in [-0.3, -0.25) is 9.69 Å². The number of hydrogen-bond donors (Lipinski definition) is 2. The lowest BCUT2D eigenvalue weighted by molar-refractivity contribution is -0.117. The SMILES string of the molecule is CC1CCN(CC(=O)Nc2cccnc2N2CCC(CO)CC2)CC1.